The van der Waals surface area contributed by atoms with Crippen LogP contribution in [0.2, 0.25) is 0 Å². The minimum Gasteiger partial charge on any atom is -0.266 e. The van der Waals surface area contributed by atoms with Gasteiger partial charge in [-0.1, -0.05) is 42.5 Å². The highest BCUT2D eigenvalue weighted by atomic mass is 32.1. The molecule has 7 nitrogen and oxygen atoms in total. The third-order valence-electron chi connectivity index (χ3n) is 3.48. The van der Waals surface area contributed by atoms with Crippen LogP contribution in [0.1, 0.15) is 20.9 Å². The molecule has 0 fully saturated rings. The summed E-state index contributed by atoms with van der Waals surface area (Å²) >= 11 is 1.29. The van der Waals surface area contributed by atoms with Crippen molar-refractivity contribution in [1.82, 2.24) is 10.4 Å². The zero-order chi connectivity index (χ0) is 18.5. The van der Waals surface area contributed by atoms with Gasteiger partial charge < -0.3 is 0 Å². The summed E-state index contributed by atoms with van der Waals surface area (Å²) in [4.78, 5) is 27.5. The third kappa shape index (κ3) is 3.98. The number of nitrogens with zero attached hydrogens (tertiary/aromatic N) is 3. The minimum absolute atomic E-state index is 0.0360. The molecule has 0 saturated heterocycles. The monoisotopic (exact) mass is 366 g/mol. The molecule has 2 aromatic carbocycles. The van der Waals surface area contributed by atoms with E-state index in [4.69, 9.17) is 0 Å². The number of non-ortho nitro benzene ring substituents is 1. The molecular weight excluding hydrogens is 352 g/mol. The number of hydrazone groups is 1. The zero-order valence-electron chi connectivity index (χ0n) is 13.7. The molecule has 3 rings (SSSR count). The molecule has 0 aliphatic rings. The lowest BCUT2D eigenvalue weighted by molar-refractivity contribution is -0.384. The standard InChI is InChI=1S/C18H14N4O3S/c1-12-16(26-18(20-12)14-7-3-2-4-8-14)17(23)21-19-11-13-6-5-9-15(10-13)22(24)25/h2-11H,1H3,(H,21,23)/b19-11+. The summed E-state index contributed by atoms with van der Waals surface area (Å²) < 4.78 is 0. The number of carbonyl (C=O) groups excluding carboxylic acids is 1. The van der Waals surface area contributed by atoms with Crippen molar-refractivity contribution in [1.29, 1.82) is 0 Å². The summed E-state index contributed by atoms with van der Waals surface area (Å²) in [6.45, 7) is 1.77. The predicted molar refractivity (Wildman–Crippen MR) is 100 cm³/mol. The van der Waals surface area contributed by atoms with Crippen molar-refractivity contribution < 1.29 is 9.72 Å². The van der Waals surface area contributed by atoms with Crippen molar-refractivity contribution in [2.45, 2.75) is 6.92 Å². The van der Waals surface area contributed by atoms with Crippen LogP contribution in [0.25, 0.3) is 10.6 Å². The van der Waals surface area contributed by atoms with E-state index >= 15 is 0 Å². The summed E-state index contributed by atoms with van der Waals surface area (Å²) in [7, 11) is 0. The van der Waals surface area contributed by atoms with Crippen molar-refractivity contribution >= 4 is 29.1 Å². The molecule has 1 aromatic heterocycles. The lowest BCUT2D eigenvalue weighted by Crippen LogP contribution is -2.17. The van der Waals surface area contributed by atoms with Gasteiger partial charge in [0.2, 0.25) is 0 Å². The van der Waals surface area contributed by atoms with Crippen LogP contribution in [0.3, 0.4) is 0 Å². The molecule has 8 heteroatoms. The second-order valence-electron chi connectivity index (χ2n) is 5.35. The Balaban J connectivity index is 1.72. The maximum absolute atomic E-state index is 12.3. The lowest BCUT2D eigenvalue weighted by atomic mass is 10.2. The topological polar surface area (TPSA) is 97.5 Å². The van der Waals surface area contributed by atoms with Gasteiger partial charge in [-0.15, -0.1) is 11.3 Å². The fraction of sp³-hybridized carbons (Fsp3) is 0.0556. The SMILES string of the molecule is Cc1nc(-c2ccccc2)sc1C(=O)N/N=C/c1cccc([N+](=O)[O-])c1. The van der Waals surface area contributed by atoms with Gasteiger partial charge in [-0.05, 0) is 6.92 Å². The fourth-order valence-electron chi connectivity index (χ4n) is 2.25. The number of nitro benzene ring substituents is 1. The third-order valence-corrected chi connectivity index (χ3v) is 4.69. The van der Waals surface area contributed by atoms with Crippen LogP contribution >= 0.6 is 11.3 Å². The Morgan fingerprint density at radius 2 is 2.00 bits per heavy atom. The molecule has 0 unspecified atom stereocenters. The van der Waals surface area contributed by atoms with Crippen LogP contribution in [0.5, 0.6) is 0 Å². The van der Waals surface area contributed by atoms with Crippen molar-refractivity contribution in [3.63, 3.8) is 0 Å². The molecule has 0 aliphatic heterocycles. The van der Waals surface area contributed by atoms with Gasteiger partial charge in [-0.25, -0.2) is 10.4 Å². The number of amides is 1. The Morgan fingerprint density at radius 1 is 1.23 bits per heavy atom. The summed E-state index contributed by atoms with van der Waals surface area (Å²) in [5.41, 5.74) is 4.48. The first-order valence-electron chi connectivity index (χ1n) is 7.65. The summed E-state index contributed by atoms with van der Waals surface area (Å²) in [6, 6.07) is 15.6. The number of nitro groups is 1. The van der Waals surface area contributed by atoms with Gasteiger partial charge in [0, 0.05) is 23.3 Å². The summed E-state index contributed by atoms with van der Waals surface area (Å²) in [5, 5.41) is 15.4. The molecule has 0 atom stereocenters. The first kappa shape index (κ1) is 17.4. The Bertz CT molecular complexity index is 983. The number of nitrogens with one attached hydrogen (secondary N) is 1. The normalized spacial score (nSPS) is 10.8. The number of aryl methyl sites for hydroxylation is 1. The Hall–Kier alpha value is -3.39. The van der Waals surface area contributed by atoms with E-state index in [-0.39, 0.29) is 11.6 Å². The predicted octanol–water partition coefficient (Wildman–Crippen LogP) is 3.79. The van der Waals surface area contributed by atoms with E-state index in [2.05, 4.69) is 15.5 Å². The van der Waals surface area contributed by atoms with Gasteiger partial charge in [-0.3, -0.25) is 14.9 Å². The van der Waals surface area contributed by atoms with Crippen LogP contribution in [0, 0.1) is 17.0 Å². The first-order valence-corrected chi connectivity index (χ1v) is 8.47. The first-order chi connectivity index (χ1) is 12.5. The smallest absolute Gasteiger partial charge is 0.266 e. The Morgan fingerprint density at radius 3 is 2.73 bits per heavy atom. The molecule has 0 spiro atoms. The minimum atomic E-state index is -0.484. The number of benzene rings is 2. The van der Waals surface area contributed by atoms with Gasteiger partial charge in [0.15, 0.2) is 0 Å². The number of thiazole rings is 1. The molecule has 1 N–H and O–H groups in total. The number of aromatic nitrogens is 1. The van der Waals surface area contributed by atoms with Crippen LogP contribution in [0.4, 0.5) is 5.69 Å². The molecule has 3 aromatic rings. The largest absolute Gasteiger partial charge is 0.283 e. The maximum Gasteiger partial charge on any atom is 0.283 e. The number of hydrogen-bond donors (Lipinski definition) is 1. The second kappa shape index (κ2) is 7.66. The van der Waals surface area contributed by atoms with Gasteiger partial charge in [-0.2, -0.15) is 5.10 Å². The van der Waals surface area contributed by atoms with Crippen molar-refractivity contribution in [3.05, 3.63) is 80.8 Å². The van der Waals surface area contributed by atoms with Crippen LogP contribution in [-0.2, 0) is 0 Å². The van der Waals surface area contributed by atoms with Crippen molar-refractivity contribution in [3.8, 4) is 10.6 Å². The maximum atomic E-state index is 12.3. The van der Waals surface area contributed by atoms with Gasteiger partial charge in [0.05, 0.1) is 16.8 Å². The molecule has 130 valence electrons. The van der Waals surface area contributed by atoms with E-state index in [1.165, 1.54) is 29.7 Å². The molecule has 1 heterocycles. The van der Waals surface area contributed by atoms with Crippen LogP contribution in [0.15, 0.2) is 59.7 Å². The van der Waals surface area contributed by atoms with Crippen molar-refractivity contribution in [2.24, 2.45) is 5.10 Å². The van der Waals surface area contributed by atoms with Gasteiger partial charge in [0.1, 0.15) is 9.88 Å². The lowest BCUT2D eigenvalue weighted by Gasteiger charge is -1.97. The molecular formula is C18H14N4O3S. The van der Waals surface area contributed by atoms with Crippen LogP contribution < -0.4 is 5.43 Å². The quantitative estimate of drug-likeness (QED) is 0.422. The fourth-order valence-corrected chi connectivity index (χ4v) is 3.21. The van der Waals surface area contributed by atoms with Crippen LogP contribution in [-0.4, -0.2) is 22.0 Å². The molecule has 0 radical (unpaired) electrons. The number of hydrogen-bond acceptors (Lipinski definition) is 6. The molecule has 26 heavy (non-hydrogen) atoms. The number of carbonyl (C=O) groups is 1. The summed E-state index contributed by atoms with van der Waals surface area (Å²) in [6.07, 6.45) is 1.36. The molecule has 0 saturated carbocycles. The highest BCUT2D eigenvalue weighted by Crippen LogP contribution is 2.27. The van der Waals surface area contributed by atoms with Crippen molar-refractivity contribution in [2.75, 3.05) is 0 Å². The van der Waals surface area contributed by atoms with Gasteiger partial charge >= 0.3 is 0 Å². The van der Waals surface area contributed by atoms with E-state index < -0.39 is 4.92 Å². The highest BCUT2D eigenvalue weighted by molar-refractivity contribution is 7.17. The molecule has 0 bridgehead atoms. The number of rotatable bonds is 5. The Kier molecular flexibility index (Phi) is 5.14. The van der Waals surface area contributed by atoms with E-state index in [0.717, 1.165) is 10.6 Å². The van der Waals surface area contributed by atoms with E-state index in [1.807, 2.05) is 30.3 Å². The Labute approximate surface area is 153 Å². The molecule has 0 aliphatic carbocycles. The second-order valence-corrected chi connectivity index (χ2v) is 6.35. The molecule has 1 amide bonds. The zero-order valence-corrected chi connectivity index (χ0v) is 14.6. The van der Waals surface area contributed by atoms with E-state index in [9.17, 15) is 14.9 Å². The average molecular weight is 366 g/mol. The van der Waals surface area contributed by atoms with E-state index in [0.29, 0.717) is 16.1 Å². The van der Waals surface area contributed by atoms with Gasteiger partial charge in [0.25, 0.3) is 11.6 Å². The van der Waals surface area contributed by atoms with E-state index in [1.54, 1.807) is 19.1 Å². The average Bonchev–Trinajstić information content (AvgIpc) is 3.04. The highest BCUT2D eigenvalue weighted by Gasteiger charge is 2.15. The summed E-state index contributed by atoms with van der Waals surface area (Å²) in [5.74, 6) is -0.371.